The molecule has 170 valence electrons. The lowest BCUT2D eigenvalue weighted by atomic mass is 10.2. The van der Waals surface area contributed by atoms with E-state index in [-0.39, 0.29) is 5.97 Å². The molecule has 0 bridgehead atoms. The molecule has 0 saturated heterocycles. The molecule has 2 aromatic carbocycles. The van der Waals surface area contributed by atoms with Gasteiger partial charge in [-0.1, -0.05) is 12.1 Å². The number of hydrogen-bond donors (Lipinski definition) is 0. The summed E-state index contributed by atoms with van der Waals surface area (Å²) in [6.07, 6.45) is 0. The molecule has 31 heavy (non-hydrogen) atoms. The first-order chi connectivity index (χ1) is 14.5. The van der Waals surface area contributed by atoms with Crippen LogP contribution in [0, 0.1) is 0 Å². The summed E-state index contributed by atoms with van der Waals surface area (Å²) in [7, 11) is 0.862. The van der Waals surface area contributed by atoms with Crippen molar-refractivity contribution in [3.05, 3.63) is 47.5 Å². The lowest BCUT2D eigenvalue weighted by Crippen LogP contribution is -2.47. The third kappa shape index (κ3) is 7.41. The zero-order chi connectivity index (χ0) is 23.2. The van der Waals surface area contributed by atoms with Gasteiger partial charge in [-0.25, -0.2) is 0 Å². The highest BCUT2D eigenvalue weighted by Crippen LogP contribution is 2.32. The Morgan fingerprint density at radius 3 is 1.55 bits per heavy atom. The Balaban J connectivity index is 2.12. The van der Waals surface area contributed by atoms with Crippen LogP contribution in [0.4, 0.5) is 0 Å². The van der Waals surface area contributed by atoms with Crippen LogP contribution in [0.25, 0.3) is 0 Å². The molecule has 6 nitrogen and oxygen atoms in total. The molecule has 0 aliphatic rings. The molecule has 0 atom stereocenters. The van der Waals surface area contributed by atoms with Crippen molar-refractivity contribution in [1.82, 2.24) is 0 Å². The van der Waals surface area contributed by atoms with E-state index in [2.05, 4.69) is 32.3 Å². The second-order valence-corrected chi connectivity index (χ2v) is 17.3. The molecule has 2 rings (SSSR count). The number of benzene rings is 2. The van der Waals surface area contributed by atoms with Gasteiger partial charge in [0, 0.05) is 6.92 Å². The van der Waals surface area contributed by atoms with E-state index in [9.17, 15) is 4.79 Å². The minimum absolute atomic E-state index is 0.369. The number of methoxy groups -OCH3 is 3. The predicted molar refractivity (Wildman–Crippen MR) is 127 cm³/mol. The molecule has 0 heterocycles. The fourth-order valence-electron chi connectivity index (χ4n) is 3.86. The number of carbonyl (C=O) groups excluding carboxylic acids is 1. The lowest BCUT2D eigenvalue weighted by molar-refractivity contribution is -0.132. The van der Waals surface area contributed by atoms with Crippen LogP contribution in [0.15, 0.2) is 36.4 Å². The van der Waals surface area contributed by atoms with Gasteiger partial charge in [0.25, 0.3) is 0 Å². The van der Waals surface area contributed by atoms with Gasteiger partial charge in [-0.15, -0.1) is 0 Å². The molecule has 0 unspecified atom stereocenters. The van der Waals surface area contributed by atoms with Crippen LogP contribution in [0.5, 0.6) is 23.0 Å². The van der Waals surface area contributed by atoms with Gasteiger partial charge in [0.05, 0.1) is 21.3 Å². The van der Waals surface area contributed by atoms with Crippen LogP contribution in [0.2, 0.25) is 26.2 Å². The first-order valence-corrected chi connectivity index (χ1v) is 16.5. The highest BCUT2D eigenvalue weighted by atomic mass is 28.4. The fourth-order valence-corrected chi connectivity index (χ4v) is 12.8. The summed E-state index contributed by atoms with van der Waals surface area (Å²) < 4.78 is 28.2. The van der Waals surface area contributed by atoms with Crippen molar-refractivity contribution in [1.29, 1.82) is 0 Å². The lowest BCUT2D eigenvalue weighted by Gasteiger charge is -2.34. The monoisotopic (exact) mass is 462 g/mol. The largest absolute Gasteiger partial charge is 0.493 e. The minimum Gasteiger partial charge on any atom is -0.493 e. The molecule has 0 aliphatic carbocycles. The van der Waals surface area contributed by atoms with Gasteiger partial charge in [-0.3, -0.25) is 4.79 Å². The summed E-state index contributed by atoms with van der Waals surface area (Å²) in [6, 6.07) is 13.5. The minimum atomic E-state index is -2.02. The van der Waals surface area contributed by atoms with Crippen molar-refractivity contribution in [2.45, 2.75) is 45.2 Å². The van der Waals surface area contributed by atoms with Crippen LogP contribution < -0.4 is 18.9 Å². The van der Waals surface area contributed by atoms with E-state index in [1.807, 2.05) is 24.3 Å². The number of rotatable bonds is 10. The molecule has 0 amide bonds. The van der Waals surface area contributed by atoms with E-state index >= 15 is 0 Å². The van der Waals surface area contributed by atoms with E-state index < -0.39 is 16.6 Å². The Bertz CT molecular complexity index is 911. The predicted octanol–water partition coefficient (Wildman–Crippen LogP) is 4.93. The summed E-state index contributed by atoms with van der Waals surface area (Å²) in [5, 5.41) is 0. The van der Waals surface area contributed by atoms with Crippen molar-refractivity contribution in [3.63, 3.8) is 0 Å². The molecule has 0 saturated carbocycles. The zero-order valence-electron chi connectivity index (χ0n) is 19.8. The Morgan fingerprint density at radius 1 is 0.710 bits per heavy atom. The third-order valence-corrected chi connectivity index (χ3v) is 11.7. The van der Waals surface area contributed by atoms with Crippen molar-refractivity contribution < 1.29 is 27.9 Å². The number of carbonyl (C=O) groups is 1. The molecule has 0 radical (unpaired) electrons. The molecule has 0 fully saturated rings. The summed E-state index contributed by atoms with van der Waals surface area (Å²) in [6.45, 7) is 10.4. The van der Waals surface area contributed by atoms with Gasteiger partial charge in [0.15, 0.2) is 39.6 Å². The molecule has 0 aliphatic heterocycles. The van der Waals surface area contributed by atoms with Crippen molar-refractivity contribution >= 4 is 22.6 Å². The molecule has 2 aromatic rings. The normalized spacial score (nSPS) is 11.7. The van der Waals surface area contributed by atoms with E-state index in [1.165, 1.54) is 12.5 Å². The SMILES string of the molecule is COc1ccc(C[Si](C)(C)O[Si](C)(C)Cc2ccc(OC(C)=O)c(OC)c2)cc1OC. The average molecular weight is 463 g/mol. The van der Waals surface area contributed by atoms with Gasteiger partial charge < -0.3 is 23.1 Å². The molecular formula is C23H34O6Si2. The maximum absolute atomic E-state index is 11.3. The van der Waals surface area contributed by atoms with Crippen LogP contribution in [-0.2, 0) is 21.0 Å². The highest BCUT2D eigenvalue weighted by Gasteiger charge is 2.33. The van der Waals surface area contributed by atoms with Crippen molar-refractivity contribution in [3.8, 4) is 23.0 Å². The third-order valence-electron chi connectivity index (χ3n) is 4.74. The zero-order valence-corrected chi connectivity index (χ0v) is 21.8. The second-order valence-electron chi connectivity index (χ2n) is 8.74. The number of hydrogen-bond acceptors (Lipinski definition) is 6. The first kappa shape index (κ1) is 25.0. The standard InChI is InChI=1S/C23H34O6Si2/c1-17(24)28-21-12-10-19(14-23(21)27-4)16-31(7,8)29-30(5,6)15-18-9-11-20(25-2)22(13-18)26-3/h9-14H,15-16H2,1-8H3. The topological polar surface area (TPSA) is 63.2 Å². The van der Waals surface area contributed by atoms with Crippen LogP contribution >= 0.6 is 0 Å². The Morgan fingerprint density at radius 2 is 1.13 bits per heavy atom. The Hall–Kier alpha value is -2.30. The van der Waals surface area contributed by atoms with Crippen LogP contribution in [-0.4, -0.2) is 43.9 Å². The van der Waals surface area contributed by atoms with Gasteiger partial charge in [-0.05, 0) is 73.7 Å². The van der Waals surface area contributed by atoms with Crippen molar-refractivity contribution in [2.24, 2.45) is 0 Å². The summed E-state index contributed by atoms with van der Waals surface area (Å²) >= 11 is 0. The summed E-state index contributed by atoms with van der Waals surface area (Å²) in [5.41, 5.74) is 2.30. The quantitative estimate of drug-likeness (QED) is 0.283. The maximum Gasteiger partial charge on any atom is 0.308 e. The summed E-state index contributed by atoms with van der Waals surface area (Å²) in [4.78, 5) is 11.3. The maximum atomic E-state index is 11.3. The number of esters is 1. The number of ether oxygens (including phenoxy) is 4. The first-order valence-electron chi connectivity index (χ1n) is 10.2. The highest BCUT2D eigenvalue weighted by molar-refractivity contribution is 6.84. The van der Waals surface area contributed by atoms with E-state index in [1.54, 1.807) is 27.4 Å². The van der Waals surface area contributed by atoms with E-state index in [0.717, 1.165) is 29.2 Å². The van der Waals surface area contributed by atoms with Crippen LogP contribution in [0.1, 0.15) is 18.1 Å². The van der Waals surface area contributed by atoms with E-state index in [0.29, 0.717) is 11.5 Å². The van der Waals surface area contributed by atoms with Crippen molar-refractivity contribution in [2.75, 3.05) is 21.3 Å². The van der Waals surface area contributed by atoms with Gasteiger partial charge >= 0.3 is 5.97 Å². The van der Waals surface area contributed by atoms with E-state index in [4.69, 9.17) is 23.1 Å². The molecule has 8 heteroatoms. The molecule has 0 N–H and O–H groups in total. The smallest absolute Gasteiger partial charge is 0.308 e. The fraction of sp³-hybridized carbons (Fsp3) is 0.435. The molecular weight excluding hydrogens is 428 g/mol. The second kappa shape index (κ2) is 10.3. The molecule has 0 spiro atoms. The summed E-state index contributed by atoms with van der Waals surface area (Å²) in [5.74, 6) is 2.09. The van der Waals surface area contributed by atoms with Gasteiger partial charge in [-0.2, -0.15) is 0 Å². The Kier molecular flexibility index (Phi) is 8.33. The Labute approximate surface area is 187 Å². The van der Waals surface area contributed by atoms with Crippen LogP contribution in [0.3, 0.4) is 0 Å². The molecule has 0 aromatic heterocycles. The average Bonchev–Trinajstić information content (AvgIpc) is 2.67. The van der Waals surface area contributed by atoms with Gasteiger partial charge in [0.2, 0.25) is 0 Å². The van der Waals surface area contributed by atoms with Gasteiger partial charge in [0.1, 0.15) is 0 Å².